The lowest BCUT2D eigenvalue weighted by molar-refractivity contribution is 0.0342. The Balaban J connectivity index is 1.68. The Morgan fingerprint density at radius 2 is 2.08 bits per heavy atom. The number of anilines is 1. The zero-order valence-electron chi connectivity index (χ0n) is 15.2. The van der Waals surface area contributed by atoms with Gasteiger partial charge in [0.15, 0.2) is 5.16 Å². The summed E-state index contributed by atoms with van der Waals surface area (Å²) in [4.78, 5) is 23.6. The maximum atomic E-state index is 12.6. The van der Waals surface area contributed by atoms with Gasteiger partial charge in [0.05, 0.1) is 13.2 Å². The predicted molar refractivity (Wildman–Crippen MR) is 104 cm³/mol. The van der Waals surface area contributed by atoms with Gasteiger partial charge in [-0.15, -0.1) is 0 Å². The van der Waals surface area contributed by atoms with Gasteiger partial charge in [-0.25, -0.2) is 9.97 Å². The standard InChI is InChI=1S/C19H24N4O2S/c1-3-26-19-20-14(2)11-17(22-19)18(24)21-16-6-4-5-15(12-16)13-23-7-9-25-10-8-23/h4-6,11-12H,3,7-10,13H2,1-2H3,(H,21,24). The molecule has 1 saturated heterocycles. The van der Waals surface area contributed by atoms with Crippen LogP contribution in [0.15, 0.2) is 35.5 Å². The molecule has 1 amide bonds. The van der Waals surface area contributed by atoms with Gasteiger partial charge in [0, 0.05) is 31.0 Å². The maximum absolute atomic E-state index is 12.6. The van der Waals surface area contributed by atoms with Crippen molar-refractivity contribution in [3.05, 3.63) is 47.3 Å². The summed E-state index contributed by atoms with van der Waals surface area (Å²) in [5, 5.41) is 3.59. The first-order valence-corrected chi connectivity index (χ1v) is 9.81. The van der Waals surface area contributed by atoms with E-state index in [0.717, 1.165) is 50.0 Å². The summed E-state index contributed by atoms with van der Waals surface area (Å²) < 4.78 is 5.39. The number of benzene rings is 1. The van der Waals surface area contributed by atoms with Crippen molar-refractivity contribution in [2.75, 3.05) is 37.4 Å². The molecule has 1 aliphatic rings. The van der Waals surface area contributed by atoms with E-state index in [1.807, 2.05) is 32.0 Å². The van der Waals surface area contributed by atoms with Crippen molar-refractivity contribution in [2.24, 2.45) is 0 Å². The third-order valence-electron chi connectivity index (χ3n) is 4.03. The SMILES string of the molecule is CCSc1nc(C)cc(C(=O)Nc2cccc(CN3CCOCC3)c2)n1. The minimum absolute atomic E-state index is 0.211. The Bertz CT molecular complexity index is 763. The van der Waals surface area contributed by atoms with E-state index in [1.165, 1.54) is 17.3 Å². The van der Waals surface area contributed by atoms with Gasteiger partial charge in [-0.2, -0.15) is 0 Å². The molecule has 0 spiro atoms. The summed E-state index contributed by atoms with van der Waals surface area (Å²) in [7, 11) is 0. The summed E-state index contributed by atoms with van der Waals surface area (Å²) in [5.74, 6) is 0.658. The van der Waals surface area contributed by atoms with Gasteiger partial charge >= 0.3 is 0 Å². The number of nitrogens with one attached hydrogen (secondary N) is 1. The average Bonchev–Trinajstić information content (AvgIpc) is 2.63. The van der Waals surface area contributed by atoms with Crippen LogP contribution in [0, 0.1) is 6.92 Å². The fourth-order valence-corrected chi connectivity index (χ4v) is 3.44. The van der Waals surface area contributed by atoms with Crippen molar-refractivity contribution in [1.82, 2.24) is 14.9 Å². The van der Waals surface area contributed by atoms with Crippen LogP contribution in [0.1, 0.15) is 28.7 Å². The lowest BCUT2D eigenvalue weighted by atomic mass is 10.1. The molecule has 7 heteroatoms. The fourth-order valence-electron chi connectivity index (χ4n) is 2.81. The molecule has 1 N–H and O–H groups in total. The van der Waals surface area contributed by atoms with Gasteiger partial charge in [0.25, 0.3) is 5.91 Å². The molecule has 0 unspecified atom stereocenters. The second-order valence-electron chi connectivity index (χ2n) is 6.15. The van der Waals surface area contributed by atoms with Crippen molar-refractivity contribution >= 4 is 23.4 Å². The zero-order valence-corrected chi connectivity index (χ0v) is 16.0. The number of morpholine rings is 1. The van der Waals surface area contributed by atoms with Crippen LogP contribution >= 0.6 is 11.8 Å². The quantitative estimate of drug-likeness (QED) is 0.621. The number of rotatable bonds is 6. The fraction of sp³-hybridized carbons (Fsp3) is 0.421. The highest BCUT2D eigenvalue weighted by molar-refractivity contribution is 7.99. The maximum Gasteiger partial charge on any atom is 0.274 e. The number of aryl methyl sites for hydroxylation is 1. The van der Waals surface area contributed by atoms with E-state index in [4.69, 9.17) is 4.74 Å². The van der Waals surface area contributed by atoms with E-state index >= 15 is 0 Å². The molecular weight excluding hydrogens is 348 g/mol. The molecule has 0 atom stereocenters. The minimum Gasteiger partial charge on any atom is -0.379 e. The van der Waals surface area contributed by atoms with Crippen LogP contribution in [0.5, 0.6) is 0 Å². The number of carbonyl (C=O) groups is 1. The summed E-state index contributed by atoms with van der Waals surface area (Å²) in [5.41, 5.74) is 3.14. The number of ether oxygens (including phenoxy) is 1. The molecule has 1 aliphatic heterocycles. The first-order valence-electron chi connectivity index (χ1n) is 8.83. The third kappa shape index (κ3) is 5.27. The van der Waals surface area contributed by atoms with Crippen molar-refractivity contribution in [3.63, 3.8) is 0 Å². The van der Waals surface area contributed by atoms with E-state index in [2.05, 4.69) is 26.3 Å². The first-order chi connectivity index (χ1) is 12.6. The van der Waals surface area contributed by atoms with E-state index < -0.39 is 0 Å². The lowest BCUT2D eigenvalue weighted by Crippen LogP contribution is -2.35. The van der Waals surface area contributed by atoms with Crippen LogP contribution < -0.4 is 5.32 Å². The number of nitrogens with zero attached hydrogens (tertiary/aromatic N) is 3. The predicted octanol–water partition coefficient (Wildman–Crippen LogP) is 2.98. The molecule has 6 nitrogen and oxygen atoms in total. The van der Waals surface area contributed by atoms with Crippen molar-refractivity contribution in [1.29, 1.82) is 0 Å². The topological polar surface area (TPSA) is 67.4 Å². The summed E-state index contributed by atoms with van der Waals surface area (Å²) in [6.45, 7) is 8.21. The minimum atomic E-state index is -0.211. The highest BCUT2D eigenvalue weighted by atomic mass is 32.2. The zero-order chi connectivity index (χ0) is 18.4. The van der Waals surface area contributed by atoms with Crippen molar-refractivity contribution in [2.45, 2.75) is 25.5 Å². The van der Waals surface area contributed by atoms with Crippen LogP contribution in [0.2, 0.25) is 0 Å². The molecule has 1 aromatic carbocycles. The highest BCUT2D eigenvalue weighted by Gasteiger charge is 2.13. The van der Waals surface area contributed by atoms with Crippen LogP contribution in [0.3, 0.4) is 0 Å². The van der Waals surface area contributed by atoms with Crippen LogP contribution in [-0.2, 0) is 11.3 Å². The molecule has 1 fully saturated rings. The molecule has 2 heterocycles. The molecule has 138 valence electrons. The molecule has 1 aromatic heterocycles. The van der Waals surface area contributed by atoms with Crippen LogP contribution in [-0.4, -0.2) is 52.8 Å². The molecule has 0 aliphatic carbocycles. The number of amides is 1. The Kier molecular flexibility index (Phi) is 6.60. The molecule has 2 aromatic rings. The van der Waals surface area contributed by atoms with Gasteiger partial charge in [-0.3, -0.25) is 9.69 Å². The molecule has 3 rings (SSSR count). The third-order valence-corrected chi connectivity index (χ3v) is 4.76. The monoisotopic (exact) mass is 372 g/mol. The van der Waals surface area contributed by atoms with Gasteiger partial charge in [0.2, 0.25) is 0 Å². The Morgan fingerprint density at radius 3 is 2.85 bits per heavy atom. The Morgan fingerprint density at radius 1 is 1.27 bits per heavy atom. The Labute approximate surface area is 158 Å². The number of thioether (sulfide) groups is 1. The van der Waals surface area contributed by atoms with Crippen molar-refractivity contribution < 1.29 is 9.53 Å². The van der Waals surface area contributed by atoms with E-state index in [9.17, 15) is 4.79 Å². The van der Waals surface area contributed by atoms with Crippen molar-refractivity contribution in [3.8, 4) is 0 Å². The van der Waals surface area contributed by atoms with Gasteiger partial charge in [-0.1, -0.05) is 30.8 Å². The molecule has 0 radical (unpaired) electrons. The number of carbonyl (C=O) groups excluding carboxylic acids is 1. The second-order valence-corrected chi connectivity index (χ2v) is 7.38. The van der Waals surface area contributed by atoms with Gasteiger partial charge < -0.3 is 10.1 Å². The van der Waals surface area contributed by atoms with Gasteiger partial charge in [-0.05, 0) is 36.4 Å². The normalized spacial score (nSPS) is 15.0. The first kappa shape index (κ1) is 18.8. The van der Waals surface area contributed by atoms with E-state index in [-0.39, 0.29) is 5.91 Å². The highest BCUT2D eigenvalue weighted by Crippen LogP contribution is 2.17. The summed E-state index contributed by atoms with van der Waals surface area (Å²) in [6.07, 6.45) is 0. The number of hydrogen-bond donors (Lipinski definition) is 1. The second kappa shape index (κ2) is 9.12. The van der Waals surface area contributed by atoms with Gasteiger partial charge in [0.1, 0.15) is 5.69 Å². The van der Waals surface area contributed by atoms with E-state index in [1.54, 1.807) is 6.07 Å². The van der Waals surface area contributed by atoms with E-state index in [0.29, 0.717) is 10.9 Å². The molecule has 26 heavy (non-hydrogen) atoms. The number of hydrogen-bond acceptors (Lipinski definition) is 6. The Hall–Kier alpha value is -1.96. The number of aromatic nitrogens is 2. The molecule has 0 bridgehead atoms. The smallest absolute Gasteiger partial charge is 0.274 e. The lowest BCUT2D eigenvalue weighted by Gasteiger charge is -2.26. The largest absolute Gasteiger partial charge is 0.379 e. The summed E-state index contributed by atoms with van der Waals surface area (Å²) >= 11 is 1.53. The van der Waals surface area contributed by atoms with Crippen LogP contribution in [0.25, 0.3) is 0 Å². The van der Waals surface area contributed by atoms with Crippen LogP contribution in [0.4, 0.5) is 5.69 Å². The average molecular weight is 372 g/mol. The summed E-state index contributed by atoms with van der Waals surface area (Å²) in [6, 6.07) is 9.68. The molecule has 0 saturated carbocycles. The molecular formula is C19H24N4O2S.